The molecule has 3 nitrogen and oxygen atoms in total. The van der Waals surface area contributed by atoms with Crippen LogP contribution >= 0.6 is 15.9 Å². The van der Waals surface area contributed by atoms with Crippen molar-refractivity contribution in [3.63, 3.8) is 0 Å². The molecule has 1 N–H and O–H groups in total. The van der Waals surface area contributed by atoms with Crippen molar-refractivity contribution in [1.82, 2.24) is 10.2 Å². The van der Waals surface area contributed by atoms with Crippen LogP contribution in [-0.4, -0.2) is 28.9 Å². The number of rotatable bonds is 4. The molecule has 4 unspecified atom stereocenters. The fraction of sp³-hybridized carbons (Fsp3) is 0.588. The van der Waals surface area contributed by atoms with Crippen molar-refractivity contribution >= 4 is 21.8 Å². The zero-order valence-electron chi connectivity index (χ0n) is 13.3. The third-order valence-corrected chi connectivity index (χ3v) is 5.10. The van der Waals surface area contributed by atoms with E-state index in [0.29, 0.717) is 12.1 Å². The number of hydrogen-bond acceptors (Lipinski definition) is 2. The molecule has 0 aliphatic carbocycles. The number of benzene rings is 1. The van der Waals surface area contributed by atoms with Crippen molar-refractivity contribution in [3.05, 3.63) is 34.3 Å². The molecule has 0 radical (unpaired) electrons. The van der Waals surface area contributed by atoms with E-state index in [0.717, 1.165) is 10.0 Å². The Balaban J connectivity index is 1.98. The highest BCUT2D eigenvalue weighted by atomic mass is 79.9. The first-order valence-corrected chi connectivity index (χ1v) is 8.52. The Hall–Kier alpha value is -0.870. The fourth-order valence-corrected chi connectivity index (χ4v) is 3.55. The summed E-state index contributed by atoms with van der Waals surface area (Å²) in [6.45, 7) is 8.48. The van der Waals surface area contributed by atoms with Gasteiger partial charge >= 0.3 is 0 Å². The summed E-state index contributed by atoms with van der Waals surface area (Å²) in [6.07, 6.45) is 2.36. The molecule has 116 valence electrons. The summed E-state index contributed by atoms with van der Waals surface area (Å²) >= 11 is 3.43. The van der Waals surface area contributed by atoms with Crippen molar-refractivity contribution in [1.29, 1.82) is 0 Å². The molecule has 21 heavy (non-hydrogen) atoms. The largest absolute Gasteiger partial charge is 0.348 e. The zero-order valence-corrected chi connectivity index (χ0v) is 14.9. The molecule has 0 bridgehead atoms. The Morgan fingerprint density at radius 1 is 1.19 bits per heavy atom. The summed E-state index contributed by atoms with van der Waals surface area (Å²) in [4.78, 5) is 14.8. The Labute approximate surface area is 136 Å². The van der Waals surface area contributed by atoms with Gasteiger partial charge in [-0.25, -0.2) is 0 Å². The van der Waals surface area contributed by atoms with E-state index >= 15 is 0 Å². The highest BCUT2D eigenvalue weighted by Crippen LogP contribution is 2.26. The monoisotopic (exact) mass is 352 g/mol. The Morgan fingerprint density at radius 3 is 2.24 bits per heavy atom. The van der Waals surface area contributed by atoms with Gasteiger partial charge in [-0.2, -0.15) is 0 Å². The minimum Gasteiger partial charge on any atom is -0.348 e. The Morgan fingerprint density at radius 2 is 1.71 bits per heavy atom. The summed E-state index contributed by atoms with van der Waals surface area (Å²) in [6, 6.07) is 9.03. The van der Waals surface area contributed by atoms with Crippen molar-refractivity contribution in [2.24, 2.45) is 0 Å². The zero-order chi connectivity index (χ0) is 15.6. The van der Waals surface area contributed by atoms with E-state index in [1.165, 1.54) is 12.8 Å². The molecule has 1 saturated heterocycles. The molecule has 1 aliphatic heterocycles. The van der Waals surface area contributed by atoms with Crippen molar-refractivity contribution in [2.75, 3.05) is 0 Å². The molecule has 1 heterocycles. The van der Waals surface area contributed by atoms with Gasteiger partial charge in [0, 0.05) is 16.6 Å². The third-order valence-electron chi connectivity index (χ3n) is 4.58. The summed E-state index contributed by atoms with van der Waals surface area (Å²) < 4.78 is 1.05. The SMILES string of the molecule is CC(NC(=O)C(C)N1C(C)CCC1C)c1ccc(Br)cc1. The van der Waals surface area contributed by atoms with Crippen LogP contribution in [0.1, 0.15) is 52.1 Å². The van der Waals surface area contributed by atoms with Crippen LogP contribution in [0.4, 0.5) is 0 Å². The van der Waals surface area contributed by atoms with Gasteiger partial charge in [-0.3, -0.25) is 9.69 Å². The van der Waals surface area contributed by atoms with Crippen molar-refractivity contribution in [3.8, 4) is 0 Å². The first kappa shape index (κ1) is 16.5. The van der Waals surface area contributed by atoms with Crippen LogP contribution in [0, 0.1) is 0 Å². The summed E-state index contributed by atoms with van der Waals surface area (Å²) in [7, 11) is 0. The van der Waals surface area contributed by atoms with Crippen LogP contribution in [0.15, 0.2) is 28.7 Å². The van der Waals surface area contributed by atoms with Gasteiger partial charge in [-0.1, -0.05) is 28.1 Å². The summed E-state index contributed by atoms with van der Waals surface area (Å²) in [5.74, 6) is 0.117. The van der Waals surface area contributed by atoms with Gasteiger partial charge in [-0.05, 0) is 58.2 Å². The lowest BCUT2D eigenvalue weighted by molar-refractivity contribution is -0.127. The normalized spacial score (nSPS) is 25.6. The van der Waals surface area contributed by atoms with E-state index in [2.05, 4.69) is 40.0 Å². The van der Waals surface area contributed by atoms with Gasteiger partial charge in [0.15, 0.2) is 0 Å². The molecule has 1 aliphatic rings. The first-order valence-electron chi connectivity index (χ1n) is 7.73. The number of likely N-dealkylation sites (tertiary alicyclic amines) is 1. The average Bonchev–Trinajstić information content (AvgIpc) is 2.78. The molecule has 1 aromatic carbocycles. The molecule has 0 saturated carbocycles. The minimum atomic E-state index is -0.0737. The maximum absolute atomic E-state index is 12.5. The minimum absolute atomic E-state index is 0.0289. The van der Waals surface area contributed by atoms with Crippen molar-refractivity contribution in [2.45, 2.75) is 64.7 Å². The second kappa shape index (κ2) is 6.93. The highest BCUT2D eigenvalue weighted by Gasteiger charge is 2.34. The van der Waals surface area contributed by atoms with E-state index in [1.54, 1.807) is 0 Å². The highest BCUT2D eigenvalue weighted by molar-refractivity contribution is 9.10. The number of carbonyl (C=O) groups is 1. The van der Waals surface area contributed by atoms with E-state index in [9.17, 15) is 4.79 Å². The first-order chi connectivity index (χ1) is 9.90. The predicted molar refractivity (Wildman–Crippen MR) is 90.2 cm³/mol. The molecular weight excluding hydrogens is 328 g/mol. The average molecular weight is 353 g/mol. The topological polar surface area (TPSA) is 32.3 Å². The van der Waals surface area contributed by atoms with E-state index in [-0.39, 0.29) is 18.0 Å². The molecule has 4 heteroatoms. The fourth-order valence-electron chi connectivity index (χ4n) is 3.28. The predicted octanol–water partition coefficient (Wildman–Crippen LogP) is 3.89. The Kier molecular flexibility index (Phi) is 5.44. The van der Waals surface area contributed by atoms with E-state index in [1.807, 2.05) is 38.1 Å². The quantitative estimate of drug-likeness (QED) is 0.891. The standard InChI is InChI=1S/C17H25BrN2O/c1-11-5-6-12(2)20(11)14(4)17(21)19-13(3)15-7-9-16(18)10-8-15/h7-14H,5-6H2,1-4H3,(H,19,21). The molecule has 1 amide bonds. The van der Waals surface area contributed by atoms with E-state index in [4.69, 9.17) is 0 Å². The van der Waals surface area contributed by atoms with Gasteiger partial charge in [0.25, 0.3) is 0 Å². The Bertz CT molecular complexity index is 478. The van der Waals surface area contributed by atoms with Gasteiger partial charge in [0.05, 0.1) is 12.1 Å². The number of amides is 1. The number of hydrogen-bond donors (Lipinski definition) is 1. The van der Waals surface area contributed by atoms with Crippen molar-refractivity contribution < 1.29 is 4.79 Å². The molecule has 0 spiro atoms. The van der Waals surface area contributed by atoms with Crippen LogP contribution in [0.25, 0.3) is 0 Å². The lowest BCUT2D eigenvalue weighted by Gasteiger charge is -2.32. The van der Waals surface area contributed by atoms with Gasteiger partial charge in [0.2, 0.25) is 5.91 Å². The lowest BCUT2D eigenvalue weighted by atomic mass is 10.1. The van der Waals surface area contributed by atoms with Gasteiger partial charge in [0.1, 0.15) is 0 Å². The second-order valence-electron chi connectivity index (χ2n) is 6.18. The third kappa shape index (κ3) is 3.86. The second-order valence-corrected chi connectivity index (χ2v) is 7.10. The maximum Gasteiger partial charge on any atom is 0.237 e. The lowest BCUT2D eigenvalue weighted by Crippen LogP contribution is -2.49. The molecule has 0 aromatic heterocycles. The van der Waals surface area contributed by atoms with Crippen LogP contribution in [0.3, 0.4) is 0 Å². The van der Waals surface area contributed by atoms with Crippen LogP contribution in [0.5, 0.6) is 0 Å². The smallest absolute Gasteiger partial charge is 0.237 e. The number of carbonyl (C=O) groups excluding carboxylic acids is 1. The molecule has 1 aromatic rings. The molecule has 4 atom stereocenters. The number of nitrogens with zero attached hydrogens (tertiary/aromatic N) is 1. The summed E-state index contributed by atoms with van der Waals surface area (Å²) in [5.41, 5.74) is 1.13. The molecular formula is C17H25BrN2O. The number of nitrogens with one attached hydrogen (secondary N) is 1. The van der Waals surface area contributed by atoms with Gasteiger partial charge in [-0.15, -0.1) is 0 Å². The van der Waals surface area contributed by atoms with Crippen LogP contribution < -0.4 is 5.32 Å². The van der Waals surface area contributed by atoms with Crippen LogP contribution in [0.2, 0.25) is 0 Å². The number of halogens is 1. The molecule has 1 fully saturated rings. The maximum atomic E-state index is 12.5. The summed E-state index contributed by atoms with van der Waals surface area (Å²) in [5, 5.41) is 3.14. The van der Waals surface area contributed by atoms with Crippen LogP contribution in [-0.2, 0) is 4.79 Å². The van der Waals surface area contributed by atoms with Gasteiger partial charge < -0.3 is 5.32 Å². The molecule has 2 rings (SSSR count). The van der Waals surface area contributed by atoms with E-state index < -0.39 is 0 Å².